The van der Waals surface area contributed by atoms with Gasteiger partial charge in [0.15, 0.2) is 0 Å². The van der Waals surface area contributed by atoms with E-state index in [4.69, 9.17) is 0 Å². The number of hydrogen-bond donors (Lipinski definition) is 0. The van der Waals surface area contributed by atoms with Crippen molar-refractivity contribution in [3.05, 3.63) is 35.4 Å². The summed E-state index contributed by atoms with van der Waals surface area (Å²) in [4.78, 5) is 11.9. The van der Waals surface area contributed by atoms with Gasteiger partial charge >= 0.3 is 18.0 Å². The summed E-state index contributed by atoms with van der Waals surface area (Å²) >= 11 is 0. The van der Waals surface area contributed by atoms with E-state index < -0.39 is 18.0 Å². The van der Waals surface area contributed by atoms with Crippen LogP contribution in [0.5, 0.6) is 0 Å². The van der Waals surface area contributed by atoms with E-state index >= 15 is 0 Å². The van der Waals surface area contributed by atoms with E-state index in [2.05, 4.69) is 0 Å². The number of aryl methyl sites for hydroxylation is 1. The second-order valence-electron chi connectivity index (χ2n) is 4.32. The van der Waals surface area contributed by atoms with Crippen molar-refractivity contribution in [1.29, 1.82) is 0 Å². The molecule has 1 aromatic carbocycles. The molecule has 1 aromatic rings. The van der Waals surface area contributed by atoms with Crippen LogP contribution in [-0.4, -0.2) is 29.5 Å². The van der Waals surface area contributed by atoms with Crippen molar-refractivity contribution in [3.63, 3.8) is 0 Å². The highest BCUT2D eigenvalue weighted by atomic mass is 19.4. The molecule has 0 saturated heterocycles. The summed E-state index contributed by atoms with van der Waals surface area (Å²) < 4.78 is 62.7. The van der Waals surface area contributed by atoms with Crippen LogP contribution in [-0.2, 0) is 11.3 Å². The van der Waals surface area contributed by atoms with Gasteiger partial charge in [0.25, 0.3) is 0 Å². The number of amides is 1. The van der Waals surface area contributed by atoms with Gasteiger partial charge in [-0.05, 0) is 25.0 Å². The molecular formula is C13H14F5NO. The Balaban J connectivity index is 2.98. The van der Waals surface area contributed by atoms with Gasteiger partial charge < -0.3 is 4.90 Å². The molecule has 2 nitrogen and oxygen atoms in total. The summed E-state index contributed by atoms with van der Waals surface area (Å²) in [6, 6.07) is 6.61. The van der Waals surface area contributed by atoms with E-state index in [1.165, 1.54) is 6.92 Å². The fraction of sp³-hybridized carbons (Fsp3) is 0.462. The summed E-state index contributed by atoms with van der Waals surface area (Å²) in [5.74, 6) is -7.60. The largest absolute Gasteiger partial charge is 0.463 e. The number of alkyl halides is 5. The Hall–Kier alpha value is -1.66. The number of halogens is 5. The molecule has 0 radical (unpaired) electrons. The number of nitrogens with zero attached hydrogens (tertiary/aromatic N) is 1. The number of carbonyl (C=O) groups excluding carboxylic acids is 1. The molecule has 0 spiro atoms. The first kappa shape index (κ1) is 16.4. The van der Waals surface area contributed by atoms with Crippen LogP contribution < -0.4 is 0 Å². The first-order valence-electron chi connectivity index (χ1n) is 5.89. The zero-order valence-corrected chi connectivity index (χ0v) is 11.0. The molecule has 7 heteroatoms. The Bertz CT molecular complexity index is 484. The average Bonchev–Trinajstić information content (AvgIpc) is 2.35. The van der Waals surface area contributed by atoms with E-state index in [1.807, 2.05) is 0 Å². The Morgan fingerprint density at radius 1 is 1.15 bits per heavy atom. The minimum absolute atomic E-state index is 0.237. The van der Waals surface area contributed by atoms with E-state index in [9.17, 15) is 26.7 Å². The topological polar surface area (TPSA) is 20.3 Å². The smallest absolute Gasteiger partial charge is 0.333 e. The van der Waals surface area contributed by atoms with Crippen LogP contribution in [0, 0.1) is 6.92 Å². The van der Waals surface area contributed by atoms with E-state index in [1.54, 1.807) is 31.2 Å². The number of benzene rings is 1. The normalized spacial score (nSPS) is 12.3. The van der Waals surface area contributed by atoms with Crippen LogP contribution in [0.15, 0.2) is 24.3 Å². The number of hydrogen-bond acceptors (Lipinski definition) is 1. The van der Waals surface area contributed by atoms with Crippen molar-refractivity contribution in [2.24, 2.45) is 0 Å². The van der Waals surface area contributed by atoms with Gasteiger partial charge in [-0.2, -0.15) is 22.0 Å². The average molecular weight is 295 g/mol. The molecule has 0 unspecified atom stereocenters. The van der Waals surface area contributed by atoms with Gasteiger partial charge in [-0.15, -0.1) is 0 Å². The van der Waals surface area contributed by atoms with Gasteiger partial charge in [-0.25, -0.2) is 0 Å². The van der Waals surface area contributed by atoms with E-state index in [0.29, 0.717) is 16.0 Å². The molecule has 112 valence electrons. The highest BCUT2D eigenvalue weighted by Crippen LogP contribution is 2.37. The predicted octanol–water partition coefficient (Wildman–Crippen LogP) is 3.54. The van der Waals surface area contributed by atoms with Gasteiger partial charge in [-0.1, -0.05) is 24.3 Å². The Morgan fingerprint density at radius 3 is 2.15 bits per heavy atom. The van der Waals surface area contributed by atoms with Crippen molar-refractivity contribution < 1.29 is 26.7 Å². The zero-order chi connectivity index (χ0) is 15.6. The fourth-order valence-corrected chi connectivity index (χ4v) is 1.64. The third-order valence-corrected chi connectivity index (χ3v) is 2.92. The second-order valence-corrected chi connectivity index (χ2v) is 4.32. The van der Waals surface area contributed by atoms with Crippen molar-refractivity contribution in [2.75, 3.05) is 6.54 Å². The molecule has 20 heavy (non-hydrogen) atoms. The van der Waals surface area contributed by atoms with Crippen molar-refractivity contribution in [1.82, 2.24) is 4.90 Å². The fourth-order valence-electron chi connectivity index (χ4n) is 1.64. The third-order valence-electron chi connectivity index (χ3n) is 2.92. The molecule has 0 aliphatic carbocycles. The molecule has 0 fully saturated rings. The molecule has 0 aromatic heterocycles. The van der Waals surface area contributed by atoms with Crippen LogP contribution in [0.2, 0.25) is 0 Å². The van der Waals surface area contributed by atoms with E-state index in [0.717, 1.165) is 0 Å². The summed E-state index contributed by atoms with van der Waals surface area (Å²) in [6.45, 7) is 2.52. The molecule has 0 saturated carbocycles. The summed E-state index contributed by atoms with van der Waals surface area (Å²) in [6.07, 6.45) is -5.89. The lowest BCUT2D eigenvalue weighted by molar-refractivity contribution is -0.274. The quantitative estimate of drug-likeness (QED) is 0.778. The predicted molar refractivity (Wildman–Crippen MR) is 63.3 cm³/mol. The van der Waals surface area contributed by atoms with Gasteiger partial charge in [0, 0.05) is 13.1 Å². The maximum absolute atomic E-state index is 13.0. The number of rotatable bonds is 4. The van der Waals surface area contributed by atoms with E-state index in [-0.39, 0.29) is 13.1 Å². The first-order valence-corrected chi connectivity index (χ1v) is 5.89. The minimum atomic E-state index is -5.89. The summed E-state index contributed by atoms with van der Waals surface area (Å²) in [7, 11) is 0. The monoisotopic (exact) mass is 295 g/mol. The molecule has 1 rings (SSSR count). The Kier molecular flexibility index (Phi) is 4.73. The van der Waals surface area contributed by atoms with Gasteiger partial charge in [0.2, 0.25) is 0 Å². The number of carbonyl (C=O) groups is 1. The van der Waals surface area contributed by atoms with Crippen molar-refractivity contribution in [2.45, 2.75) is 32.5 Å². The van der Waals surface area contributed by atoms with Crippen LogP contribution >= 0.6 is 0 Å². The highest BCUT2D eigenvalue weighted by Gasteiger charge is 2.64. The van der Waals surface area contributed by atoms with Crippen LogP contribution in [0.1, 0.15) is 18.1 Å². The molecule has 0 bridgehead atoms. The van der Waals surface area contributed by atoms with Crippen LogP contribution in [0.25, 0.3) is 0 Å². The van der Waals surface area contributed by atoms with Gasteiger partial charge in [0.1, 0.15) is 0 Å². The van der Waals surface area contributed by atoms with Gasteiger partial charge in [-0.3, -0.25) is 4.79 Å². The molecule has 1 amide bonds. The maximum Gasteiger partial charge on any atom is 0.463 e. The third kappa shape index (κ3) is 3.26. The lowest BCUT2D eigenvalue weighted by Gasteiger charge is -2.27. The second kappa shape index (κ2) is 5.76. The molecular weight excluding hydrogens is 281 g/mol. The Morgan fingerprint density at radius 2 is 1.70 bits per heavy atom. The standard InChI is InChI=1S/C13H14F5NO/c1-3-19(8-10-7-5-4-6-9(10)2)11(20)12(14,15)13(16,17)18/h4-7H,3,8H2,1-2H3. The van der Waals surface area contributed by atoms with Gasteiger partial charge in [0.05, 0.1) is 0 Å². The van der Waals surface area contributed by atoms with Crippen molar-refractivity contribution in [3.8, 4) is 0 Å². The molecule has 0 aliphatic heterocycles. The molecule has 0 heterocycles. The summed E-state index contributed by atoms with van der Waals surface area (Å²) in [5.41, 5.74) is 1.25. The van der Waals surface area contributed by atoms with Crippen molar-refractivity contribution >= 4 is 5.91 Å². The Labute approximate surface area is 113 Å². The SMILES string of the molecule is CCN(Cc1ccccc1C)C(=O)C(F)(F)C(F)(F)F. The van der Waals surface area contributed by atoms with Crippen LogP contribution in [0.3, 0.4) is 0 Å². The molecule has 0 aliphatic rings. The lowest BCUT2D eigenvalue weighted by atomic mass is 10.1. The highest BCUT2D eigenvalue weighted by molar-refractivity contribution is 5.84. The lowest BCUT2D eigenvalue weighted by Crippen LogP contribution is -2.51. The van der Waals surface area contributed by atoms with Crippen LogP contribution in [0.4, 0.5) is 22.0 Å². The maximum atomic E-state index is 13.0. The molecule has 0 atom stereocenters. The zero-order valence-electron chi connectivity index (χ0n) is 11.0. The first-order chi connectivity index (χ1) is 9.11. The summed E-state index contributed by atoms with van der Waals surface area (Å²) in [5, 5.41) is 0. The molecule has 0 N–H and O–H groups in total. The minimum Gasteiger partial charge on any atom is -0.333 e.